The smallest absolute Gasteiger partial charge is 0.213 e. The maximum atomic E-state index is 5.44. The number of likely N-dealkylation sites (N-methyl/N-ethyl adjacent to an activating group) is 1. The van der Waals surface area contributed by atoms with Crippen molar-refractivity contribution < 1.29 is 4.74 Å². The number of aliphatic imine (C=N–C) groups is 1. The molecule has 0 unspecified atom stereocenters. The molecule has 0 bridgehead atoms. The first-order chi connectivity index (χ1) is 11.7. The van der Waals surface area contributed by atoms with Gasteiger partial charge in [-0.3, -0.25) is 0 Å². The Morgan fingerprint density at radius 2 is 2.20 bits per heavy atom. The Morgan fingerprint density at radius 3 is 2.88 bits per heavy atom. The van der Waals surface area contributed by atoms with E-state index in [1.165, 1.54) is 4.88 Å². The van der Waals surface area contributed by atoms with Crippen molar-refractivity contribution in [3.8, 4) is 5.88 Å². The molecule has 138 valence electrons. The molecule has 0 aliphatic carbocycles. The second kappa shape index (κ2) is 12.1. The normalized spacial score (nSPS) is 10.9. The zero-order valence-electron chi connectivity index (χ0n) is 15.1. The molecule has 0 spiro atoms. The van der Waals surface area contributed by atoms with Crippen molar-refractivity contribution in [3.63, 3.8) is 0 Å². The van der Waals surface area contributed by atoms with Crippen LogP contribution in [0.2, 0.25) is 0 Å². The molecule has 7 heteroatoms. The summed E-state index contributed by atoms with van der Waals surface area (Å²) in [6, 6.07) is 8.19. The fraction of sp³-hybridized carbons (Fsp3) is 0.444. The molecule has 1 N–H and O–H groups in total. The van der Waals surface area contributed by atoms with Crippen molar-refractivity contribution in [2.24, 2.45) is 4.99 Å². The van der Waals surface area contributed by atoms with Crippen molar-refractivity contribution in [2.45, 2.75) is 26.8 Å². The molecule has 2 rings (SSSR count). The molecule has 0 aliphatic rings. The van der Waals surface area contributed by atoms with Gasteiger partial charge in [-0.25, -0.2) is 9.98 Å². The fourth-order valence-electron chi connectivity index (χ4n) is 2.25. The molecule has 0 saturated heterocycles. The molecule has 2 aromatic rings. The van der Waals surface area contributed by atoms with Gasteiger partial charge in [0.25, 0.3) is 0 Å². The molecule has 5 nitrogen and oxygen atoms in total. The molecular weight excluding hydrogens is 447 g/mol. The van der Waals surface area contributed by atoms with Crippen molar-refractivity contribution in [2.75, 3.05) is 26.7 Å². The molecule has 0 radical (unpaired) electrons. The van der Waals surface area contributed by atoms with Gasteiger partial charge >= 0.3 is 0 Å². The lowest BCUT2D eigenvalue weighted by Gasteiger charge is -2.21. The molecule has 0 fully saturated rings. The van der Waals surface area contributed by atoms with E-state index in [1.807, 2.05) is 19.1 Å². The molecule has 0 saturated carbocycles. The van der Waals surface area contributed by atoms with E-state index in [1.54, 1.807) is 17.5 Å². The van der Waals surface area contributed by atoms with Crippen LogP contribution in [0.15, 0.2) is 40.8 Å². The summed E-state index contributed by atoms with van der Waals surface area (Å²) in [6.07, 6.45) is 2.80. The highest BCUT2D eigenvalue weighted by Crippen LogP contribution is 2.11. The Morgan fingerprint density at radius 1 is 1.36 bits per heavy atom. The topological polar surface area (TPSA) is 49.8 Å². The summed E-state index contributed by atoms with van der Waals surface area (Å²) in [5.41, 5.74) is 1.09. The lowest BCUT2D eigenvalue weighted by molar-refractivity contribution is 0.326. The SMILES string of the molecule is CCNC(=NCc1ccnc(OCC)c1)N(C)CCc1cccs1.I. The summed E-state index contributed by atoms with van der Waals surface area (Å²) < 4.78 is 5.44. The monoisotopic (exact) mass is 474 g/mol. The van der Waals surface area contributed by atoms with Crippen molar-refractivity contribution in [1.82, 2.24) is 15.2 Å². The van der Waals surface area contributed by atoms with Gasteiger partial charge in [-0.1, -0.05) is 6.07 Å². The average molecular weight is 474 g/mol. The van der Waals surface area contributed by atoms with E-state index in [0.717, 1.165) is 31.0 Å². The number of ether oxygens (including phenoxy) is 1. The van der Waals surface area contributed by atoms with Gasteiger partial charge in [0, 0.05) is 37.3 Å². The summed E-state index contributed by atoms with van der Waals surface area (Å²) in [6.45, 7) is 7.05. The number of guanidine groups is 1. The average Bonchev–Trinajstić information content (AvgIpc) is 3.10. The highest BCUT2D eigenvalue weighted by molar-refractivity contribution is 14.0. The van der Waals surface area contributed by atoms with Crippen LogP contribution in [0.5, 0.6) is 5.88 Å². The van der Waals surface area contributed by atoms with Crippen molar-refractivity contribution in [3.05, 3.63) is 46.3 Å². The zero-order valence-corrected chi connectivity index (χ0v) is 18.2. The van der Waals surface area contributed by atoms with Crippen molar-refractivity contribution >= 4 is 41.3 Å². The predicted octanol–water partition coefficient (Wildman–Crippen LogP) is 3.80. The minimum atomic E-state index is 0. The summed E-state index contributed by atoms with van der Waals surface area (Å²) in [5.74, 6) is 1.57. The van der Waals surface area contributed by atoms with Crippen molar-refractivity contribution in [1.29, 1.82) is 0 Å². The van der Waals surface area contributed by atoms with Crippen LogP contribution >= 0.6 is 35.3 Å². The number of halogens is 1. The first-order valence-electron chi connectivity index (χ1n) is 8.32. The molecule has 0 atom stereocenters. The minimum Gasteiger partial charge on any atom is -0.478 e. The van der Waals surface area contributed by atoms with E-state index < -0.39 is 0 Å². The maximum Gasteiger partial charge on any atom is 0.213 e. The highest BCUT2D eigenvalue weighted by atomic mass is 127. The van der Waals surface area contributed by atoms with E-state index >= 15 is 0 Å². The number of hydrogen-bond donors (Lipinski definition) is 1. The number of rotatable bonds is 8. The van der Waals surface area contributed by atoms with Crippen LogP contribution in [0, 0.1) is 0 Å². The van der Waals surface area contributed by atoms with Crippen LogP contribution < -0.4 is 10.1 Å². The number of thiophene rings is 1. The van der Waals surface area contributed by atoms with E-state index in [0.29, 0.717) is 19.0 Å². The van der Waals surface area contributed by atoms with Gasteiger partial charge in [0.2, 0.25) is 5.88 Å². The number of nitrogens with zero attached hydrogens (tertiary/aromatic N) is 3. The minimum absolute atomic E-state index is 0. The van der Waals surface area contributed by atoms with Crippen LogP contribution in [0.4, 0.5) is 0 Å². The third kappa shape index (κ3) is 7.60. The lowest BCUT2D eigenvalue weighted by atomic mass is 10.3. The Bertz CT molecular complexity index is 634. The highest BCUT2D eigenvalue weighted by Gasteiger charge is 2.06. The summed E-state index contributed by atoms with van der Waals surface area (Å²) >= 11 is 1.80. The number of pyridine rings is 1. The molecule has 0 amide bonds. The van der Waals surface area contributed by atoms with Crippen LogP contribution in [0.3, 0.4) is 0 Å². The van der Waals surface area contributed by atoms with E-state index in [9.17, 15) is 0 Å². The van der Waals surface area contributed by atoms with E-state index in [4.69, 9.17) is 9.73 Å². The Hall–Kier alpha value is -1.35. The molecule has 25 heavy (non-hydrogen) atoms. The fourth-order valence-corrected chi connectivity index (χ4v) is 2.95. The van der Waals surface area contributed by atoms with Crippen LogP contribution in [-0.2, 0) is 13.0 Å². The van der Waals surface area contributed by atoms with Crippen LogP contribution in [-0.4, -0.2) is 42.6 Å². The zero-order chi connectivity index (χ0) is 17.2. The second-order valence-corrected chi connectivity index (χ2v) is 6.39. The molecule has 2 heterocycles. The molecule has 0 aliphatic heterocycles. The number of aromatic nitrogens is 1. The summed E-state index contributed by atoms with van der Waals surface area (Å²) in [7, 11) is 2.08. The standard InChI is InChI=1S/C18H26N4OS.HI/c1-4-19-18(22(3)11-9-16-7-6-12-24-16)21-14-15-8-10-20-17(13-15)23-5-2;/h6-8,10,12-13H,4-5,9,11,14H2,1-3H3,(H,19,21);1H. The number of hydrogen-bond acceptors (Lipinski definition) is 4. The quantitative estimate of drug-likeness (QED) is 0.359. The van der Waals surface area contributed by atoms with Gasteiger partial charge in [0.05, 0.1) is 13.2 Å². The van der Waals surface area contributed by atoms with E-state index in [2.05, 4.69) is 46.7 Å². The van der Waals surface area contributed by atoms with Crippen LogP contribution in [0.1, 0.15) is 24.3 Å². The maximum absolute atomic E-state index is 5.44. The second-order valence-electron chi connectivity index (χ2n) is 5.36. The molecular formula is C18H27IN4OS. The van der Waals surface area contributed by atoms with Gasteiger partial charge in [0.1, 0.15) is 0 Å². The van der Waals surface area contributed by atoms with Gasteiger partial charge < -0.3 is 15.0 Å². The lowest BCUT2D eigenvalue weighted by Crippen LogP contribution is -2.39. The Labute approximate surface area is 171 Å². The van der Waals surface area contributed by atoms with Crippen LogP contribution in [0.25, 0.3) is 0 Å². The van der Waals surface area contributed by atoms with Gasteiger partial charge in [0.15, 0.2) is 5.96 Å². The molecule has 0 aromatic carbocycles. The van der Waals surface area contributed by atoms with Gasteiger partial charge in [-0.05, 0) is 43.3 Å². The summed E-state index contributed by atoms with van der Waals surface area (Å²) in [5, 5.41) is 5.47. The Balaban J connectivity index is 0.00000312. The largest absolute Gasteiger partial charge is 0.478 e. The number of nitrogens with one attached hydrogen (secondary N) is 1. The summed E-state index contributed by atoms with van der Waals surface area (Å²) in [4.78, 5) is 12.5. The first-order valence-corrected chi connectivity index (χ1v) is 9.20. The van der Waals surface area contributed by atoms with E-state index in [-0.39, 0.29) is 24.0 Å². The van der Waals surface area contributed by atoms with Gasteiger partial charge in [-0.15, -0.1) is 35.3 Å². The first kappa shape index (κ1) is 21.7. The van der Waals surface area contributed by atoms with Gasteiger partial charge in [-0.2, -0.15) is 0 Å². The third-order valence-electron chi connectivity index (χ3n) is 3.47. The predicted molar refractivity (Wildman–Crippen MR) is 116 cm³/mol. The Kier molecular flexibility index (Phi) is 10.5. The third-order valence-corrected chi connectivity index (χ3v) is 4.41. The molecule has 2 aromatic heterocycles.